The molecule has 1 aliphatic rings. The molecule has 1 heterocycles. The lowest BCUT2D eigenvalue weighted by atomic mass is 10.00. The number of rotatable bonds is 8. The van der Waals surface area contributed by atoms with Crippen molar-refractivity contribution in [2.24, 2.45) is 0 Å². The molecule has 0 spiro atoms. The molecule has 26 heavy (non-hydrogen) atoms. The summed E-state index contributed by atoms with van der Waals surface area (Å²) in [6.07, 6.45) is 6.79. The maximum absolute atomic E-state index is 12.2. The summed E-state index contributed by atoms with van der Waals surface area (Å²) in [4.78, 5) is 23.3. The molecule has 0 radical (unpaired) electrons. The number of carbonyl (C=O) groups is 1. The molecule has 0 unspecified atom stereocenters. The van der Waals surface area contributed by atoms with Crippen LogP contribution < -0.4 is 15.5 Å². The van der Waals surface area contributed by atoms with Crippen molar-refractivity contribution in [1.82, 2.24) is 0 Å². The van der Waals surface area contributed by atoms with Crippen LogP contribution in [0.4, 0.5) is 0 Å². The van der Waals surface area contributed by atoms with E-state index in [4.69, 9.17) is 9.15 Å². The number of hydrogen-bond acceptors (Lipinski definition) is 5. The van der Waals surface area contributed by atoms with E-state index in [0.717, 1.165) is 67.0 Å². The van der Waals surface area contributed by atoms with Gasteiger partial charge in [0.15, 0.2) is 0 Å². The molecule has 1 aliphatic carbocycles. The van der Waals surface area contributed by atoms with E-state index in [0.29, 0.717) is 11.3 Å². The molecule has 0 fully saturated rings. The van der Waals surface area contributed by atoms with E-state index >= 15 is 0 Å². The molecule has 140 valence electrons. The van der Waals surface area contributed by atoms with Gasteiger partial charge in [-0.15, -0.1) is 0 Å². The average molecular weight is 357 g/mol. The number of benzene rings is 1. The molecule has 0 N–H and O–H groups in total. The quantitative estimate of drug-likeness (QED) is 0.536. The molecule has 0 aliphatic heterocycles. The van der Waals surface area contributed by atoms with Crippen molar-refractivity contribution in [3.05, 3.63) is 39.2 Å². The van der Waals surface area contributed by atoms with Crippen molar-refractivity contribution in [3.8, 4) is 5.75 Å². The average Bonchev–Trinajstić information content (AvgIpc) is 3.10. The largest absolute Gasteiger partial charge is 0.546 e. The zero-order valence-electron chi connectivity index (χ0n) is 15.4. The van der Waals surface area contributed by atoms with Gasteiger partial charge in [0.05, 0.1) is 5.97 Å². The van der Waals surface area contributed by atoms with Crippen molar-refractivity contribution >= 4 is 16.9 Å². The first kappa shape index (κ1) is 18.5. The number of hydrogen-bond donors (Lipinski definition) is 0. The predicted octanol–water partition coefficient (Wildman–Crippen LogP) is 2.92. The number of carboxylic acid groups (broad SMARTS) is 1. The van der Waals surface area contributed by atoms with Crippen LogP contribution in [0.25, 0.3) is 11.0 Å². The second-order valence-corrected chi connectivity index (χ2v) is 7.05. The van der Waals surface area contributed by atoms with Gasteiger partial charge in [-0.25, -0.2) is 4.79 Å². The van der Waals surface area contributed by atoms with E-state index in [9.17, 15) is 14.7 Å². The van der Waals surface area contributed by atoms with Gasteiger partial charge in [-0.1, -0.05) is 26.2 Å². The highest BCUT2D eigenvalue weighted by Gasteiger charge is 2.21. The summed E-state index contributed by atoms with van der Waals surface area (Å²) < 4.78 is 11.1. The summed E-state index contributed by atoms with van der Waals surface area (Å²) in [5.74, 6) is -0.802. The number of carbonyl (C=O) groups excluding carboxylic acids is 1. The van der Waals surface area contributed by atoms with Gasteiger partial charge in [0.1, 0.15) is 17.4 Å². The lowest BCUT2D eigenvalue weighted by Crippen LogP contribution is -2.37. The topological polar surface area (TPSA) is 79.6 Å². The molecule has 1 aromatic heterocycles. The fourth-order valence-corrected chi connectivity index (χ4v) is 3.64. The molecule has 1 atom stereocenters. The summed E-state index contributed by atoms with van der Waals surface area (Å²) in [5.41, 5.74) is 2.99. The van der Waals surface area contributed by atoms with Crippen LogP contribution in [-0.2, 0) is 24.1 Å². The maximum atomic E-state index is 12.2. The number of aryl methyl sites for hydroxylation is 2. The molecule has 1 aromatic carbocycles. The first-order chi connectivity index (χ1) is 12.5. The van der Waals surface area contributed by atoms with Crippen molar-refractivity contribution in [3.63, 3.8) is 0 Å². The van der Waals surface area contributed by atoms with Gasteiger partial charge < -0.3 is 19.1 Å². The predicted molar refractivity (Wildman–Crippen MR) is 97.5 cm³/mol. The summed E-state index contributed by atoms with van der Waals surface area (Å²) in [6.45, 7) is 3.61. The number of unbranched alkanes of at least 4 members (excludes halogenated alkanes) is 3. The Bertz CT molecular complexity index is 865. The molecule has 0 saturated carbocycles. The second-order valence-electron chi connectivity index (χ2n) is 7.05. The lowest BCUT2D eigenvalue weighted by Gasteiger charge is -2.19. The minimum absolute atomic E-state index is 0.292. The first-order valence-electron chi connectivity index (χ1n) is 9.50. The molecule has 3 rings (SSSR count). The number of aliphatic carboxylic acids is 1. The molecule has 2 aromatic rings. The van der Waals surface area contributed by atoms with Gasteiger partial charge in [0, 0.05) is 17.0 Å². The van der Waals surface area contributed by atoms with E-state index in [1.165, 1.54) is 13.3 Å². The van der Waals surface area contributed by atoms with E-state index in [2.05, 4.69) is 6.92 Å². The zero-order valence-corrected chi connectivity index (χ0v) is 15.4. The van der Waals surface area contributed by atoms with Gasteiger partial charge in [0.2, 0.25) is 0 Å². The smallest absolute Gasteiger partial charge is 0.339 e. The fourth-order valence-electron chi connectivity index (χ4n) is 3.64. The normalized spacial score (nSPS) is 14.4. The highest BCUT2D eigenvalue weighted by atomic mass is 16.5. The van der Waals surface area contributed by atoms with E-state index < -0.39 is 12.1 Å². The van der Waals surface area contributed by atoms with Crippen LogP contribution in [0.5, 0.6) is 5.75 Å². The van der Waals surface area contributed by atoms with Crippen molar-refractivity contribution in [2.45, 2.75) is 71.3 Å². The third-order valence-electron chi connectivity index (χ3n) is 5.09. The van der Waals surface area contributed by atoms with Crippen molar-refractivity contribution in [2.75, 3.05) is 0 Å². The van der Waals surface area contributed by atoms with Crippen LogP contribution in [0.1, 0.15) is 62.6 Å². The number of ether oxygens (including phenoxy) is 1. The van der Waals surface area contributed by atoms with Crippen LogP contribution in [0.3, 0.4) is 0 Å². The Balaban J connectivity index is 2.02. The van der Waals surface area contributed by atoms with Crippen LogP contribution in [0.2, 0.25) is 0 Å². The summed E-state index contributed by atoms with van der Waals surface area (Å²) >= 11 is 0. The summed E-state index contributed by atoms with van der Waals surface area (Å²) in [7, 11) is 0. The van der Waals surface area contributed by atoms with Gasteiger partial charge in [-0.05, 0) is 56.2 Å². The molecular formula is C21H25O5-. The van der Waals surface area contributed by atoms with Crippen molar-refractivity contribution < 1.29 is 19.1 Å². The monoisotopic (exact) mass is 357 g/mol. The minimum atomic E-state index is -1.27. The summed E-state index contributed by atoms with van der Waals surface area (Å²) in [5, 5.41) is 12.0. The third kappa shape index (κ3) is 3.76. The van der Waals surface area contributed by atoms with Gasteiger partial charge in [0.25, 0.3) is 0 Å². The first-order valence-corrected chi connectivity index (χ1v) is 9.50. The standard InChI is InChI=1S/C21H26O5/c1-3-4-5-6-8-14-11-17-15-9-7-10-16(15)21(24)26-19(17)12-18(14)25-13(2)20(22)23/h11-13H,3-10H2,1-2H3,(H,22,23)/p-1/t13-/m0/s1. The SMILES string of the molecule is CCCCCCc1cc2c3c(c(=O)oc2cc1O[C@@H](C)C(=O)[O-])CCC3. The highest BCUT2D eigenvalue weighted by molar-refractivity contribution is 5.84. The zero-order chi connectivity index (χ0) is 18.7. The number of carboxylic acids is 1. The van der Waals surface area contributed by atoms with Crippen LogP contribution in [0, 0.1) is 0 Å². The Morgan fingerprint density at radius 1 is 1.23 bits per heavy atom. The summed E-state index contributed by atoms with van der Waals surface area (Å²) in [6, 6.07) is 3.69. The van der Waals surface area contributed by atoms with Crippen LogP contribution in [0.15, 0.2) is 21.3 Å². The van der Waals surface area contributed by atoms with Crippen molar-refractivity contribution in [1.29, 1.82) is 0 Å². The third-order valence-corrected chi connectivity index (χ3v) is 5.09. The molecule has 0 amide bonds. The highest BCUT2D eigenvalue weighted by Crippen LogP contribution is 2.33. The number of fused-ring (bicyclic) bond motifs is 3. The second kappa shape index (κ2) is 7.94. The Morgan fingerprint density at radius 2 is 2.00 bits per heavy atom. The Labute approximate surface area is 153 Å². The molecule has 5 heteroatoms. The molecule has 5 nitrogen and oxygen atoms in total. The van der Waals surface area contributed by atoms with E-state index in [1.54, 1.807) is 6.07 Å². The molecule has 0 bridgehead atoms. The maximum Gasteiger partial charge on any atom is 0.339 e. The van der Waals surface area contributed by atoms with E-state index in [-0.39, 0.29) is 5.63 Å². The van der Waals surface area contributed by atoms with E-state index in [1.807, 2.05) is 6.07 Å². The molecule has 0 saturated heterocycles. The molecular weight excluding hydrogens is 332 g/mol. The Hall–Kier alpha value is -2.30. The van der Waals surface area contributed by atoms with Gasteiger partial charge >= 0.3 is 5.63 Å². The van der Waals surface area contributed by atoms with Crippen LogP contribution >= 0.6 is 0 Å². The Kier molecular flexibility index (Phi) is 5.64. The fraction of sp³-hybridized carbons (Fsp3) is 0.524. The Morgan fingerprint density at radius 3 is 2.73 bits per heavy atom. The lowest BCUT2D eigenvalue weighted by molar-refractivity contribution is -0.312. The van der Waals surface area contributed by atoms with Gasteiger partial charge in [-0.2, -0.15) is 0 Å². The minimum Gasteiger partial charge on any atom is -0.546 e. The van der Waals surface area contributed by atoms with Gasteiger partial charge in [-0.3, -0.25) is 0 Å². The van der Waals surface area contributed by atoms with Crippen LogP contribution in [-0.4, -0.2) is 12.1 Å².